The monoisotopic (exact) mass is 335 g/mol. The Bertz CT molecular complexity index is 331. The molecule has 0 bridgehead atoms. The Morgan fingerprint density at radius 3 is 1.55 bits per heavy atom. The lowest BCUT2D eigenvalue weighted by molar-refractivity contribution is -0.670. The van der Waals surface area contributed by atoms with E-state index >= 15 is 0 Å². The van der Waals surface area contributed by atoms with Gasteiger partial charge in [-0.25, -0.2) is 8.42 Å². The highest BCUT2D eigenvalue weighted by atomic mass is 32.2. The van der Waals surface area contributed by atoms with E-state index in [-0.39, 0.29) is 0 Å². The topological polar surface area (TPSA) is 73.8 Å². The zero-order valence-corrected chi connectivity index (χ0v) is 15.5. The van der Waals surface area contributed by atoms with Gasteiger partial charge in [0.15, 0.2) is 5.37 Å². The Kier molecular flexibility index (Phi) is 14.4. The van der Waals surface area contributed by atoms with Gasteiger partial charge in [0.2, 0.25) is 0 Å². The fourth-order valence-electron chi connectivity index (χ4n) is 2.78. The van der Waals surface area contributed by atoms with Crippen molar-refractivity contribution in [2.75, 3.05) is 6.54 Å². The van der Waals surface area contributed by atoms with E-state index in [0.29, 0.717) is 6.42 Å². The molecule has 0 radical (unpaired) electrons. The minimum Gasteiger partial charge on any atom is -0.743 e. The summed E-state index contributed by atoms with van der Waals surface area (Å²) in [6.07, 6.45) is 16.0. The van der Waals surface area contributed by atoms with E-state index in [1.165, 1.54) is 64.2 Å². The van der Waals surface area contributed by atoms with Gasteiger partial charge in [0.05, 0.1) is 6.54 Å². The van der Waals surface area contributed by atoms with Gasteiger partial charge < -0.3 is 9.87 Å². The molecule has 1 unspecified atom stereocenters. The van der Waals surface area contributed by atoms with E-state index in [2.05, 4.69) is 6.92 Å². The molecular weight excluding hydrogens is 298 g/mol. The Balaban J connectivity index is 3.27. The minimum atomic E-state index is -4.14. The molecular formula is C17H37NO3S. The second-order valence-electron chi connectivity index (χ2n) is 6.35. The zero-order valence-electron chi connectivity index (χ0n) is 14.7. The van der Waals surface area contributed by atoms with Crippen molar-refractivity contribution < 1.29 is 18.3 Å². The van der Waals surface area contributed by atoms with Crippen molar-refractivity contribution in [2.24, 2.45) is 0 Å². The van der Waals surface area contributed by atoms with Crippen LogP contribution in [0.5, 0.6) is 0 Å². The fourth-order valence-corrected chi connectivity index (χ4v) is 3.56. The van der Waals surface area contributed by atoms with Gasteiger partial charge in [-0.2, -0.15) is 0 Å². The third kappa shape index (κ3) is 13.5. The number of rotatable bonds is 16. The Hall–Kier alpha value is -0.130. The molecule has 0 aliphatic rings. The first-order chi connectivity index (χ1) is 10.5. The van der Waals surface area contributed by atoms with Gasteiger partial charge in [-0.15, -0.1) is 0 Å². The van der Waals surface area contributed by atoms with Crippen molar-refractivity contribution in [3.63, 3.8) is 0 Å². The first-order valence-electron chi connectivity index (χ1n) is 9.30. The number of hydrogen-bond donors (Lipinski definition) is 1. The quantitative estimate of drug-likeness (QED) is 0.346. The van der Waals surface area contributed by atoms with E-state index in [4.69, 9.17) is 0 Å². The molecule has 0 aromatic carbocycles. The summed E-state index contributed by atoms with van der Waals surface area (Å²) in [6, 6.07) is 0. The largest absolute Gasteiger partial charge is 0.743 e. The second kappa shape index (κ2) is 14.5. The number of quaternary nitrogens is 1. The number of unbranched alkanes of at least 4 members (excludes halogenated alkanes) is 11. The molecule has 0 aromatic rings. The van der Waals surface area contributed by atoms with E-state index in [9.17, 15) is 13.0 Å². The second-order valence-corrected chi connectivity index (χ2v) is 7.94. The SMILES string of the molecule is CCCCCCCCCCCCCC[NH2+]C(CC)S(=O)(=O)[O-]. The van der Waals surface area contributed by atoms with Crippen molar-refractivity contribution >= 4 is 10.1 Å². The molecule has 22 heavy (non-hydrogen) atoms. The zero-order chi connectivity index (χ0) is 16.7. The van der Waals surface area contributed by atoms with Gasteiger partial charge >= 0.3 is 0 Å². The molecule has 4 nitrogen and oxygen atoms in total. The molecule has 0 rings (SSSR count). The van der Waals surface area contributed by atoms with Gasteiger partial charge in [-0.3, -0.25) is 0 Å². The lowest BCUT2D eigenvalue weighted by atomic mass is 10.1. The van der Waals surface area contributed by atoms with Crippen LogP contribution in [0.3, 0.4) is 0 Å². The first-order valence-corrected chi connectivity index (χ1v) is 10.8. The molecule has 0 spiro atoms. The van der Waals surface area contributed by atoms with Crippen LogP contribution in [0.4, 0.5) is 0 Å². The summed E-state index contributed by atoms with van der Waals surface area (Å²) in [5, 5.41) is 0.902. The molecule has 0 fully saturated rings. The maximum Gasteiger partial charge on any atom is 0.175 e. The van der Waals surface area contributed by atoms with Crippen LogP contribution in [0.15, 0.2) is 0 Å². The van der Waals surface area contributed by atoms with Crippen molar-refractivity contribution in [3.8, 4) is 0 Å². The molecule has 0 aliphatic heterocycles. The van der Waals surface area contributed by atoms with Crippen LogP contribution in [0.1, 0.15) is 97.3 Å². The smallest absolute Gasteiger partial charge is 0.175 e. The molecule has 0 amide bonds. The predicted molar refractivity (Wildman–Crippen MR) is 91.6 cm³/mol. The standard InChI is InChI=1S/C17H37NO3S/c1-3-5-6-7-8-9-10-11-12-13-14-15-16-18-17(4-2)22(19,20)21/h17-18H,3-16H2,1-2H3,(H,19,20,21). The molecule has 0 aliphatic carbocycles. The molecule has 0 heterocycles. The minimum absolute atomic E-state index is 0.393. The Morgan fingerprint density at radius 2 is 1.18 bits per heavy atom. The lowest BCUT2D eigenvalue weighted by Crippen LogP contribution is -2.91. The molecule has 0 aromatic heterocycles. The van der Waals surface area contributed by atoms with Crippen LogP contribution in [0, 0.1) is 0 Å². The summed E-state index contributed by atoms with van der Waals surface area (Å²) in [6.45, 7) is 4.75. The van der Waals surface area contributed by atoms with Crippen LogP contribution in [-0.4, -0.2) is 24.9 Å². The lowest BCUT2D eigenvalue weighted by Gasteiger charge is -2.16. The summed E-state index contributed by atoms with van der Waals surface area (Å²) in [5.41, 5.74) is 0. The highest BCUT2D eigenvalue weighted by Gasteiger charge is 2.15. The maximum atomic E-state index is 10.9. The highest BCUT2D eigenvalue weighted by Crippen LogP contribution is 2.11. The van der Waals surface area contributed by atoms with Crippen LogP contribution in [0.2, 0.25) is 0 Å². The average Bonchev–Trinajstić information content (AvgIpc) is 2.46. The van der Waals surface area contributed by atoms with Crippen LogP contribution < -0.4 is 5.32 Å². The van der Waals surface area contributed by atoms with Crippen molar-refractivity contribution in [2.45, 2.75) is 103 Å². The molecule has 1 atom stereocenters. The normalized spacial score (nSPS) is 13.4. The highest BCUT2D eigenvalue weighted by molar-refractivity contribution is 7.86. The summed E-state index contributed by atoms with van der Waals surface area (Å²) < 4.78 is 32.8. The van der Waals surface area contributed by atoms with E-state index in [1.807, 2.05) is 0 Å². The summed E-state index contributed by atoms with van der Waals surface area (Å²) in [5.74, 6) is 0. The molecule has 0 saturated heterocycles. The number of hydrogen-bond acceptors (Lipinski definition) is 3. The van der Waals surface area contributed by atoms with Crippen molar-refractivity contribution in [1.82, 2.24) is 0 Å². The summed E-state index contributed by atoms with van der Waals surface area (Å²) in [4.78, 5) is 0. The van der Waals surface area contributed by atoms with Crippen molar-refractivity contribution in [1.29, 1.82) is 0 Å². The van der Waals surface area contributed by atoms with Crippen LogP contribution in [-0.2, 0) is 10.1 Å². The molecule has 134 valence electrons. The summed E-state index contributed by atoms with van der Waals surface area (Å²) >= 11 is 0. The fraction of sp³-hybridized carbons (Fsp3) is 1.00. The van der Waals surface area contributed by atoms with Gasteiger partial charge in [0.1, 0.15) is 10.1 Å². The van der Waals surface area contributed by atoms with Gasteiger partial charge in [0, 0.05) is 6.42 Å². The Labute approximate surface area is 138 Å². The van der Waals surface area contributed by atoms with E-state index in [1.54, 1.807) is 12.2 Å². The Morgan fingerprint density at radius 1 is 0.773 bits per heavy atom. The molecule has 0 saturated carbocycles. The summed E-state index contributed by atoms with van der Waals surface area (Å²) in [7, 11) is -4.14. The predicted octanol–water partition coefficient (Wildman–Crippen LogP) is 3.53. The maximum absolute atomic E-state index is 10.9. The van der Waals surface area contributed by atoms with Crippen LogP contribution >= 0.6 is 0 Å². The average molecular weight is 336 g/mol. The van der Waals surface area contributed by atoms with Gasteiger partial charge in [-0.1, -0.05) is 78.1 Å². The van der Waals surface area contributed by atoms with Gasteiger partial charge in [-0.05, 0) is 12.8 Å². The molecule has 2 N–H and O–H groups in total. The van der Waals surface area contributed by atoms with E-state index < -0.39 is 15.5 Å². The van der Waals surface area contributed by atoms with Gasteiger partial charge in [0.25, 0.3) is 0 Å². The first kappa shape index (κ1) is 21.9. The third-order valence-corrected chi connectivity index (χ3v) is 5.53. The van der Waals surface area contributed by atoms with Crippen LogP contribution in [0.25, 0.3) is 0 Å². The number of nitrogens with two attached hydrogens (primary N) is 1. The molecule has 5 heteroatoms. The van der Waals surface area contributed by atoms with Crippen molar-refractivity contribution in [3.05, 3.63) is 0 Å². The third-order valence-electron chi connectivity index (χ3n) is 4.26. The van der Waals surface area contributed by atoms with E-state index in [0.717, 1.165) is 19.4 Å².